The molecule has 0 spiro atoms. The van der Waals surface area contributed by atoms with E-state index in [1.54, 1.807) is 0 Å². The highest BCUT2D eigenvalue weighted by Gasteiger charge is 2.26. The van der Waals surface area contributed by atoms with E-state index in [0.29, 0.717) is 6.04 Å². The lowest BCUT2D eigenvalue weighted by Gasteiger charge is -2.20. The number of aliphatic carboxylic acids is 1. The molecule has 2 N–H and O–H groups in total. The Hall–Kier alpha value is -1.35. The fourth-order valence-electron chi connectivity index (χ4n) is 2.76. The molecule has 0 radical (unpaired) electrons. The molecular formula is C16H23NO2. The highest BCUT2D eigenvalue weighted by molar-refractivity contribution is 5.67. The van der Waals surface area contributed by atoms with Crippen LogP contribution in [0.2, 0.25) is 0 Å². The van der Waals surface area contributed by atoms with Crippen LogP contribution >= 0.6 is 0 Å². The van der Waals surface area contributed by atoms with Crippen LogP contribution in [-0.2, 0) is 11.2 Å². The monoisotopic (exact) mass is 261 g/mol. The van der Waals surface area contributed by atoms with E-state index in [-0.39, 0.29) is 12.5 Å². The average Bonchev–Trinajstić information content (AvgIpc) is 3.06. The molecule has 2 rings (SSSR count). The fourth-order valence-corrected chi connectivity index (χ4v) is 2.76. The molecule has 0 bridgehead atoms. The molecule has 0 saturated heterocycles. The molecule has 1 saturated carbocycles. The van der Waals surface area contributed by atoms with Gasteiger partial charge in [0.25, 0.3) is 0 Å². The zero-order valence-electron chi connectivity index (χ0n) is 12.0. The summed E-state index contributed by atoms with van der Waals surface area (Å²) < 4.78 is 0. The van der Waals surface area contributed by atoms with E-state index in [0.717, 1.165) is 6.42 Å². The Kier molecular flexibility index (Phi) is 4.25. The second kappa shape index (κ2) is 5.74. The smallest absolute Gasteiger partial charge is 0.304 e. The summed E-state index contributed by atoms with van der Waals surface area (Å²) in [5.74, 6) is -0.722. The van der Waals surface area contributed by atoms with E-state index in [9.17, 15) is 4.79 Å². The maximum absolute atomic E-state index is 11.0. The first-order valence-corrected chi connectivity index (χ1v) is 7.00. The van der Waals surface area contributed by atoms with E-state index >= 15 is 0 Å². The number of hydrogen-bond acceptors (Lipinski definition) is 2. The molecule has 104 valence electrons. The number of hydrogen-bond donors (Lipinski definition) is 2. The molecular weight excluding hydrogens is 238 g/mol. The molecule has 0 heterocycles. The summed E-state index contributed by atoms with van der Waals surface area (Å²) in [6.45, 7) is 6.33. The molecule has 1 aliphatic rings. The Bertz CT molecular complexity index is 455. The van der Waals surface area contributed by atoms with Crippen LogP contribution in [0, 0.1) is 20.8 Å². The summed E-state index contributed by atoms with van der Waals surface area (Å²) >= 11 is 0. The number of carbonyl (C=O) groups is 1. The van der Waals surface area contributed by atoms with Gasteiger partial charge in [-0.2, -0.15) is 0 Å². The summed E-state index contributed by atoms with van der Waals surface area (Å²) in [7, 11) is 0. The minimum atomic E-state index is -0.722. The molecule has 0 amide bonds. The quantitative estimate of drug-likeness (QED) is 0.828. The molecule has 3 nitrogen and oxygen atoms in total. The number of carboxylic acid groups (broad SMARTS) is 1. The van der Waals surface area contributed by atoms with Crippen LogP contribution in [0.1, 0.15) is 41.5 Å². The van der Waals surface area contributed by atoms with Gasteiger partial charge >= 0.3 is 5.97 Å². The van der Waals surface area contributed by atoms with Gasteiger partial charge in [0, 0.05) is 12.1 Å². The minimum absolute atomic E-state index is 0.0464. The van der Waals surface area contributed by atoms with Crippen molar-refractivity contribution in [2.45, 2.75) is 58.5 Å². The van der Waals surface area contributed by atoms with Crippen LogP contribution in [0.4, 0.5) is 0 Å². The standard InChI is InChI=1S/C16H23NO2/c1-10-6-11(2)15(12(3)7-10)8-14(9-16(18)19)17-13-4-5-13/h6-7,13-14,17H,4-5,8-9H2,1-3H3,(H,18,19). The van der Waals surface area contributed by atoms with E-state index in [1.165, 1.54) is 35.1 Å². The molecule has 1 fully saturated rings. The van der Waals surface area contributed by atoms with Crippen LogP contribution in [0.5, 0.6) is 0 Å². The predicted molar refractivity (Wildman–Crippen MR) is 76.6 cm³/mol. The predicted octanol–water partition coefficient (Wildman–Crippen LogP) is 2.75. The average molecular weight is 261 g/mol. The van der Waals surface area contributed by atoms with Crippen molar-refractivity contribution in [1.82, 2.24) is 5.32 Å². The first kappa shape index (κ1) is 14.1. The highest BCUT2D eigenvalue weighted by atomic mass is 16.4. The summed E-state index contributed by atoms with van der Waals surface area (Å²) in [5, 5.41) is 12.5. The molecule has 3 heteroatoms. The van der Waals surface area contributed by atoms with Crippen LogP contribution in [0.15, 0.2) is 12.1 Å². The van der Waals surface area contributed by atoms with Crippen molar-refractivity contribution >= 4 is 5.97 Å². The van der Waals surface area contributed by atoms with Crippen molar-refractivity contribution in [3.05, 3.63) is 34.4 Å². The lowest BCUT2D eigenvalue weighted by Crippen LogP contribution is -2.35. The first-order chi connectivity index (χ1) is 8.95. The molecule has 1 aromatic rings. The summed E-state index contributed by atoms with van der Waals surface area (Å²) in [4.78, 5) is 11.0. The molecule has 19 heavy (non-hydrogen) atoms. The zero-order valence-corrected chi connectivity index (χ0v) is 12.0. The van der Waals surface area contributed by atoms with Gasteiger partial charge in [0.05, 0.1) is 6.42 Å². The number of benzene rings is 1. The van der Waals surface area contributed by atoms with Gasteiger partial charge < -0.3 is 10.4 Å². The molecule has 0 aliphatic heterocycles. The fraction of sp³-hybridized carbons (Fsp3) is 0.562. The van der Waals surface area contributed by atoms with Gasteiger partial charge in [0.2, 0.25) is 0 Å². The van der Waals surface area contributed by atoms with Crippen molar-refractivity contribution in [2.24, 2.45) is 0 Å². The van der Waals surface area contributed by atoms with Gasteiger partial charge in [-0.3, -0.25) is 4.79 Å². The number of rotatable bonds is 6. The number of carboxylic acids is 1. The largest absolute Gasteiger partial charge is 0.481 e. The highest BCUT2D eigenvalue weighted by Crippen LogP contribution is 2.23. The van der Waals surface area contributed by atoms with E-state index in [2.05, 4.69) is 38.2 Å². The van der Waals surface area contributed by atoms with Gasteiger partial charge in [-0.1, -0.05) is 17.7 Å². The summed E-state index contributed by atoms with van der Waals surface area (Å²) in [6.07, 6.45) is 3.37. The van der Waals surface area contributed by atoms with E-state index < -0.39 is 5.97 Å². The molecule has 1 aromatic carbocycles. The number of aryl methyl sites for hydroxylation is 3. The Balaban J connectivity index is 2.13. The third-order valence-electron chi connectivity index (χ3n) is 3.76. The lowest BCUT2D eigenvalue weighted by molar-refractivity contribution is -0.137. The Morgan fingerprint density at radius 1 is 1.32 bits per heavy atom. The third-order valence-corrected chi connectivity index (χ3v) is 3.76. The molecule has 0 aromatic heterocycles. The normalized spacial score (nSPS) is 16.4. The maximum atomic E-state index is 11.0. The van der Waals surface area contributed by atoms with Gasteiger partial charge in [0.1, 0.15) is 0 Å². The zero-order chi connectivity index (χ0) is 14.0. The van der Waals surface area contributed by atoms with Gasteiger partial charge in [0.15, 0.2) is 0 Å². The lowest BCUT2D eigenvalue weighted by atomic mass is 9.93. The Morgan fingerprint density at radius 2 is 1.89 bits per heavy atom. The van der Waals surface area contributed by atoms with Crippen molar-refractivity contribution in [3.8, 4) is 0 Å². The first-order valence-electron chi connectivity index (χ1n) is 7.00. The van der Waals surface area contributed by atoms with Crippen molar-refractivity contribution in [3.63, 3.8) is 0 Å². The van der Waals surface area contributed by atoms with E-state index in [1.807, 2.05) is 0 Å². The number of nitrogens with one attached hydrogen (secondary N) is 1. The summed E-state index contributed by atoms with van der Waals surface area (Å²) in [5.41, 5.74) is 5.10. The van der Waals surface area contributed by atoms with Crippen LogP contribution in [0.3, 0.4) is 0 Å². The van der Waals surface area contributed by atoms with Crippen LogP contribution < -0.4 is 5.32 Å². The Morgan fingerprint density at radius 3 is 2.37 bits per heavy atom. The SMILES string of the molecule is Cc1cc(C)c(CC(CC(=O)O)NC2CC2)c(C)c1. The van der Waals surface area contributed by atoms with Crippen molar-refractivity contribution in [2.75, 3.05) is 0 Å². The van der Waals surface area contributed by atoms with Crippen molar-refractivity contribution in [1.29, 1.82) is 0 Å². The second-order valence-corrected chi connectivity index (χ2v) is 5.82. The van der Waals surface area contributed by atoms with Crippen molar-refractivity contribution < 1.29 is 9.90 Å². The molecule has 1 atom stereocenters. The van der Waals surface area contributed by atoms with Gasteiger partial charge in [-0.05, 0) is 56.7 Å². The van der Waals surface area contributed by atoms with E-state index in [4.69, 9.17) is 5.11 Å². The topological polar surface area (TPSA) is 49.3 Å². The third kappa shape index (κ3) is 4.06. The summed E-state index contributed by atoms with van der Waals surface area (Å²) in [6, 6.07) is 4.94. The minimum Gasteiger partial charge on any atom is -0.481 e. The van der Waals surface area contributed by atoms with Gasteiger partial charge in [-0.15, -0.1) is 0 Å². The molecule has 1 unspecified atom stereocenters. The molecule has 1 aliphatic carbocycles. The van der Waals surface area contributed by atoms with Gasteiger partial charge in [-0.25, -0.2) is 0 Å². The maximum Gasteiger partial charge on any atom is 0.304 e. The Labute approximate surface area is 115 Å². The second-order valence-electron chi connectivity index (χ2n) is 5.82. The van der Waals surface area contributed by atoms with Crippen LogP contribution in [0.25, 0.3) is 0 Å². The van der Waals surface area contributed by atoms with Crippen LogP contribution in [-0.4, -0.2) is 23.2 Å².